The summed E-state index contributed by atoms with van der Waals surface area (Å²) in [5.74, 6) is 1.30. The minimum Gasteiger partial charge on any atom is -0.309 e. The van der Waals surface area contributed by atoms with E-state index in [2.05, 4.69) is 47.1 Å². The van der Waals surface area contributed by atoms with Crippen LogP contribution in [0.4, 0.5) is 0 Å². The summed E-state index contributed by atoms with van der Waals surface area (Å²) >= 11 is 2.15. The minimum absolute atomic E-state index is 0.842. The van der Waals surface area contributed by atoms with E-state index in [-0.39, 0.29) is 0 Å². The maximum absolute atomic E-state index is 3.42. The zero-order valence-electron chi connectivity index (χ0n) is 11.1. The van der Waals surface area contributed by atoms with Gasteiger partial charge in [0.05, 0.1) is 0 Å². The van der Waals surface area contributed by atoms with Gasteiger partial charge in [-0.2, -0.15) is 11.8 Å². The van der Waals surface area contributed by atoms with Crippen molar-refractivity contribution in [1.82, 2.24) is 10.2 Å². The second-order valence-electron chi connectivity index (χ2n) is 5.34. The summed E-state index contributed by atoms with van der Waals surface area (Å²) in [4.78, 5) is 2.62. The van der Waals surface area contributed by atoms with Gasteiger partial charge < -0.3 is 5.32 Å². The summed E-state index contributed by atoms with van der Waals surface area (Å²) in [6, 6.07) is 7.02. The molecule has 0 saturated carbocycles. The lowest BCUT2D eigenvalue weighted by molar-refractivity contribution is 0.273. The number of hydrogen-bond donors (Lipinski definition) is 1. The molecule has 0 bridgehead atoms. The zero-order valence-corrected chi connectivity index (χ0v) is 11.9. The smallest absolute Gasteiger partial charge is 0.0234 e. The van der Waals surface area contributed by atoms with Crippen LogP contribution in [-0.2, 0) is 19.6 Å². The topological polar surface area (TPSA) is 15.3 Å². The van der Waals surface area contributed by atoms with Crippen LogP contribution >= 0.6 is 11.8 Å². The van der Waals surface area contributed by atoms with Crippen molar-refractivity contribution < 1.29 is 0 Å². The molecule has 1 unspecified atom stereocenters. The van der Waals surface area contributed by atoms with Crippen molar-refractivity contribution >= 4 is 11.8 Å². The molecule has 98 valence electrons. The van der Waals surface area contributed by atoms with Crippen LogP contribution in [0.25, 0.3) is 0 Å². The van der Waals surface area contributed by atoms with Gasteiger partial charge in [-0.15, -0.1) is 0 Å². The molecule has 2 heterocycles. The number of hydrogen-bond acceptors (Lipinski definition) is 3. The molecule has 0 radical (unpaired) electrons. The Bertz CT molecular complexity index is 419. The third kappa shape index (κ3) is 2.73. The molecule has 2 aliphatic rings. The fourth-order valence-electron chi connectivity index (χ4n) is 2.88. The quantitative estimate of drug-likeness (QED) is 0.901. The van der Waals surface area contributed by atoms with Gasteiger partial charge >= 0.3 is 0 Å². The molecule has 1 saturated heterocycles. The van der Waals surface area contributed by atoms with Crippen LogP contribution in [0.3, 0.4) is 0 Å². The standard InChI is InChI=1S/C15H22N2S/c1-2-15-11-17(5-6-18-15)10-12-3-4-13-8-16-9-14(13)7-12/h3-4,7,15-16H,2,5-6,8-11H2,1H3. The molecule has 0 amide bonds. The second-order valence-corrected chi connectivity index (χ2v) is 6.75. The summed E-state index contributed by atoms with van der Waals surface area (Å²) in [5.41, 5.74) is 4.48. The van der Waals surface area contributed by atoms with Crippen molar-refractivity contribution in [2.75, 3.05) is 18.8 Å². The third-order valence-electron chi connectivity index (χ3n) is 3.99. The molecular weight excluding hydrogens is 240 g/mol. The van der Waals surface area contributed by atoms with E-state index in [4.69, 9.17) is 0 Å². The van der Waals surface area contributed by atoms with Crippen molar-refractivity contribution in [2.45, 2.75) is 38.2 Å². The molecule has 1 atom stereocenters. The van der Waals surface area contributed by atoms with Crippen LogP contribution in [0.15, 0.2) is 18.2 Å². The highest BCUT2D eigenvalue weighted by atomic mass is 32.2. The van der Waals surface area contributed by atoms with Gasteiger partial charge in [0.1, 0.15) is 0 Å². The fraction of sp³-hybridized carbons (Fsp3) is 0.600. The highest BCUT2D eigenvalue weighted by Gasteiger charge is 2.19. The van der Waals surface area contributed by atoms with E-state index >= 15 is 0 Å². The first-order valence-electron chi connectivity index (χ1n) is 7.00. The molecule has 2 aliphatic heterocycles. The van der Waals surface area contributed by atoms with Gasteiger partial charge in [0, 0.05) is 43.7 Å². The number of rotatable bonds is 3. The maximum atomic E-state index is 3.42. The van der Waals surface area contributed by atoms with E-state index in [0.717, 1.165) is 24.9 Å². The SMILES string of the molecule is CCC1CN(Cc2ccc3c(c2)CNC3)CCS1. The van der Waals surface area contributed by atoms with Crippen LogP contribution in [0.5, 0.6) is 0 Å². The number of nitrogens with zero attached hydrogens (tertiary/aromatic N) is 1. The predicted octanol–water partition coefficient (Wildman–Crippen LogP) is 2.62. The largest absolute Gasteiger partial charge is 0.309 e. The Balaban J connectivity index is 1.65. The predicted molar refractivity (Wildman–Crippen MR) is 78.8 cm³/mol. The van der Waals surface area contributed by atoms with Crippen molar-refractivity contribution in [1.29, 1.82) is 0 Å². The molecule has 1 aromatic carbocycles. The van der Waals surface area contributed by atoms with Gasteiger partial charge in [0.25, 0.3) is 0 Å². The van der Waals surface area contributed by atoms with Gasteiger partial charge in [-0.3, -0.25) is 4.90 Å². The van der Waals surface area contributed by atoms with Crippen molar-refractivity contribution in [2.24, 2.45) is 0 Å². The molecule has 18 heavy (non-hydrogen) atoms. The summed E-state index contributed by atoms with van der Waals surface area (Å²) < 4.78 is 0. The van der Waals surface area contributed by atoms with Crippen LogP contribution < -0.4 is 5.32 Å². The number of nitrogens with one attached hydrogen (secondary N) is 1. The fourth-order valence-corrected chi connectivity index (χ4v) is 4.12. The average Bonchev–Trinajstić information content (AvgIpc) is 2.86. The Morgan fingerprint density at radius 3 is 3.11 bits per heavy atom. The van der Waals surface area contributed by atoms with E-state index in [0.29, 0.717) is 0 Å². The summed E-state index contributed by atoms with van der Waals surface area (Å²) in [5, 5.41) is 4.26. The monoisotopic (exact) mass is 262 g/mol. The molecule has 2 nitrogen and oxygen atoms in total. The number of thioether (sulfide) groups is 1. The molecule has 0 spiro atoms. The summed E-state index contributed by atoms with van der Waals surface area (Å²) in [6.45, 7) is 8.05. The highest BCUT2D eigenvalue weighted by Crippen LogP contribution is 2.23. The summed E-state index contributed by atoms with van der Waals surface area (Å²) in [7, 11) is 0. The van der Waals surface area contributed by atoms with Crippen LogP contribution in [0.1, 0.15) is 30.0 Å². The molecular formula is C15H22N2S. The first-order valence-corrected chi connectivity index (χ1v) is 8.05. The number of benzene rings is 1. The first-order chi connectivity index (χ1) is 8.85. The van der Waals surface area contributed by atoms with Crippen molar-refractivity contribution in [3.8, 4) is 0 Å². The first kappa shape index (κ1) is 12.5. The highest BCUT2D eigenvalue weighted by molar-refractivity contribution is 8.00. The van der Waals surface area contributed by atoms with E-state index in [1.165, 1.54) is 42.0 Å². The lowest BCUT2D eigenvalue weighted by Crippen LogP contribution is -2.37. The molecule has 1 fully saturated rings. The average molecular weight is 262 g/mol. The molecule has 0 aliphatic carbocycles. The number of fused-ring (bicyclic) bond motifs is 1. The lowest BCUT2D eigenvalue weighted by atomic mass is 10.1. The molecule has 0 aromatic heterocycles. The van der Waals surface area contributed by atoms with Gasteiger partial charge in [0.15, 0.2) is 0 Å². The Labute approximate surface area is 114 Å². The Morgan fingerprint density at radius 2 is 2.22 bits per heavy atom. The van der Waals surface area contributed by atoms with E-state index in [9.17, 15) is 0 Å². The normalized spacial score (nSPS) is 24.2. The van der Waals surface area contributed by atoms with Gasteiger partial charge in [-0.1, -0.05) is 25.1 Å². The molecule has 1 aromatic rings. The van der Waals surface area contributed by atoms with Crippen LogP contribution in [0, 0.1) is 0 Å². The van der Waals surface area contributed by atoms with Crippen molar-refractivity contribution in [3.63, 3.8) is 0 Å². The van der Waals surface area contributed by atoms with E-state index in [1.54, 1.807) is 0 Å². The van der Waals surface area contributed by atoms with Crippen LogP contribution in [0.2, 0.25) is 0 Å². The molecule has 1 N–H and O–H groups in total. The van der Waals surface area contributed by atoms with Gasteiger partial charge in [0.2, 0.25) is 0 Å². The van der Waals surface area contributed by atoms with Gasteiger partial charge in [-0.25, -0.2) is 0 Å². The minimum atomic E-state index is 0.842. The van der Waals surface area contributed by atoms with Crippen LogP contribution in [-0.4, -0.2) is 29.0 Å². The third-order valence-corrected chi connectivity index (χ3v) is 5.36. The summed E-state index contributed by atoms with van der Waals surface area (Å²) in [6.07, 6.45) is 1.30. The Morgan fingerprint density at radius 1 is 1.33 bits per heavy atom. The van der Waals surface area contributed by atoms with Gasteiger partial charge in [-0.05, 0) is 23.1 Å². The van der Waals surface area contributed by atoms with E-state index < -0.39 is 0 Å². The molecule has 3 heteroatoms. The Kier molecular flexibility index (Phi) is 3.92. The molecule has 3 rings (SSSR count). The second kappa shape index (κ2) is 5.64. The zero-order chi connectivity index (χ0) is 12.4. The van der Waals surface area contributed by atoms with Crippen molar-refractivity contribution in [3.05, 3.63) is 34.9 Å². The lowest BCUT2D eigenvalue weighted by Gasteiger charge is -2.31. The Hall–Kier alpha value is -0.510. The maximum Gasteiger partial charge on any atom is 0.0234 e. The van der Waals surface area contributed by atoms with E-state index in [1.807, 2.05) is 0 Å².